The van der Waals surface area contributed by atoms with Gasteiger partial charge in [0.2, 0.25) is 5.91 Å². The van der Waals surface area contributed by atoms with Gasteiger partial charge in [0, 0.05) is 17.1 Å². The Bertz CT molecular complexity index is 604. The molecule has 1 unspecified atom stereocenters. The Morgan fingerprint density at radius 2 is 2.18 bits per heavy atom. The Kier molecular flexibility index (Phi) is 7.82. The van der Waals surface area contributed by atoms with Crippen LogP contribution in [0.3, 0.4) is 0 Å². The number of hydrogen-bond donors (Lipinski definition) is 2. The molecule has 1 fully saturated rings. The zero-order valence-corrected chi connectivity index (χ0v) is 15.3. The summed E-state index contributed by atoms with van der Waals surface area (Å²) in [5.74, 6) is -1.02. The minimum atomic E-state index is -3.45. The van der Waals surface area contributed by atoms with Gasteiger partial charge in [0.1, 0.15) is 5.75 Å². The van der Waals surface area contributed by atoms with E-state index in [4.69, 9.17) is 0 Å². The van der Waals surface area contributed by atoms with E-state index in [9.17, 15) is 13.2 Å². The van der Waals surface area contributed by atoms with E-state index in [0.717, 1.165) is 23.9 Å². The van der Waals surface area contributed by atoms with Crippen molar-refractivity contribution in [2.75, 3.05) is 18.8 Å². The second-order valence-corrected chi connectivity index (χ2v) is 8.24. The highest BCUT2D eigenvalue weighted by Gasteiger charge is 2.19. The molecule has 0 aromatic heterocycles. The van der Waals surface area contributed by atoms with Crippen molar-refractivity contribution >= 4 is 44.1 Å². The van der Waals surface area contributed by atoms with E-state index in [2.05, 4.69) is 26.6 Å². The van der Waals surface area contributed by atoms with Gasteiger partial charge in [0.15, 0.2) is 9.84 Å². The van der Waals surface area contributed by atoms with Gasteiger partial charge in [-0.1, -0.05) is 28.1 Å². The van der Waals surface area contributed by atoms with Gasteiger partial charge in [0.05, 0.1) is 5.75 Å². The second kappa shape index (κ2) is 8.86. The lowest BCUT2D eigenvalue weighted by atomic mass is 10.2. The van der Waals surface area contributed by atoms with Crippen LogP contribution in [0.15, 0.2) is 28.7 Å². The first-order chi connectivity index (χ1) is 9.94. The van der Waals surface area contributed by atoms with Crippen LogP contribution < -0.4 is 10.6 Å². The number of halogens is 2. The maximum absolute atomic E-state index is 12.0. The van der Waals surface area contributed by atoms with Crippen LogP contribution in [0, 0.1) is 0 Å². The van der Waals surface area contributed by atoms with Crippen molar-refractivity contribution in [1.29, 1.82) is 0 Å². The topological polar surface area (TPSA) is 75.3 Å². The number of rotatable bonds is 6. The van der Waals surface area contributed by atoms with E-state index in [1.165, 1.54) is 0 Å². The molecule has 5 nitrogen and oxygen atoms in total. The van der Waals surface area contributed by atoms with Crippen molar-refractivity contribution < 1.29 is 13.2 Å². The summed E-state index contributed by atoms with van der Waals surface area (Å²) in [4.78, 5) is 11.7. The summed E-state index contributed by atoms with van der Waals surface area (Å²) < 4.78 is 24.9. The largest absolute Gasteiger partial charge is 0.354 e. The molecule has 1 aromatic carbocycles. The highest BCUT2D eigenvalue weighted by atomic mass is 79.9. The molecule has 1 saturated heterocycles. The fourth-order valence-electron chi connectivity index (χ4n) is 2.35. The summed E-state index contributed by atoms with van der Waals surface area (Å²) in [6, 6.07) is 7.36. The molecule has 1 aromatic rings. The molecule has 2 rings (SSSR count). The van der Waals surface area contributed by atoms with Gasteiger partial charge in [-0.15, -0.1) is 12.4 Å². The van der Waals surface area contributed by atoms with Crippen molar-refractivity contribution in [3.63, 3.8) is 0 Å². The molecule has 0 radical (unpaired) electrons. The van der Waals surface area contributed by atoms with E-state index in [-0.39, 0.29) is 24.2 Å². The van der Waals surface area contributed by atoms with E-state index < -0.39 is 21.5 Å². The summed E-state index contributed by atoms with van der Waals surface area (Å²) in [6.45, 7) is 1.45. The quantitative estimate of drug-likeness (QED) is 0.746. The van der Waals surface area contributed by atoms with Crippen LogP contribution >= 0.6 is 28.3 Å². The second-order valence-electron chi connectivity index (χ2n) is 5.26. The van der Waals surface area contributed by atoms with Crippen LogP contribution in [0.25, 0.3) is 0 Å². The van der Waals surface area contributed by atoms with Crippen LogP contribution in [0.2, 0.25) is 0 Å². The monoisotopic (exact) mass is 410 g/mol. The minimum Gasteiger partial charge on any atom is -0.354 e. The molecule has 1 aliphatic heterocycles. The van der Waals surface area contributed by atoms with Gasteiger partial charge in [-0.25, -0.2) is 8.42 Å². The van der Waals surface area contributed by atoms with E-state index in [1.807, 2.05) is 6.07 Å². The number of carbonyl (C=O) groups is 1. The number of amides is 1. The Balaban J connectivity index is 0.00000242. The molecule has 1 atom stereocenters. The van der Waals surface area contributed by atoms with Gasteiger partial charge >= 0.3 is 0 Å². The third-order valence-corrected chi connectivity index (χ3v) is 5.30. The Morgan fingerprint density at radius 1 is 1.41 bits per heavy atom. The lowest BCUT2D eigenvalue weighted by Crippen LogP contribution is -2.39. The van der Waals surface area contributed by atoms with Crippen LogP contribution in [0.4, 0.5) is 0 Å². The average molecular weight is 412 g/mol. The van der Waals surface area contributed by atoms with E-state index in [0.29, 0.717) is 12.1 Å². The fourth-order valence-corrected chi connectivity index (χ4v) is 4.09. The number of sulfone groups is 1. The first-order valence-corrected chi connectivity index (χ1v) is 9.51. The van der Waals surface area contributed by atoms with Crippen LogP contribution in [-0.4, -0.2) is 39.2 Å². The third kappa shape index (κ3) is 6.64. The smallest absolute Gasteiger partial charge is 0.235 e. The summed E-state index contributed by atoms with van der Waals surface area (Å²) in [7, 11) is -3.45. The Hall–Kier alpha value is -0.630. The predicted octanol–water partition coefficient (Wildman–Crippen LogP) is 1.65. The van der Waals surface area contributed by atoms with Crippen LogP contribution in [-0.2, 0) is 20.4 Å². The maximum atomic E-state index is 12.0. The maximum Gasteiger partial charge on any atom is 0.235 e. The standard InChI is InChI=1S/C14H19BrN2O3S.ClH/c15-12-4-1-3-11(7-12)9-21(19,20)10-14(18)17-8-13-5-2-6-16-13;/h1,3-4,7,13,16H,2,5-6,8-10H2,(H,17,18);1H. The van der Waals surface area contributed by atoms with Gasteiger partial charge in [-0.2, -0.15) is 0 Å². The molecule has 0 saturated carbocycles. The van der Waals surface area contributed by atoms with Gasteiger partial charge in [0.25, 0.3) is 0 Å². The number of nitrogens with one attached hydrogen (secondary N) is 2. The number of benzene rings is 1. The zero-order chi connectivity index (χ0) is 15.3. The lowest BCUT2D eigenvalue weighted by molar-refractivity contribution is -0.118. The van der Waals surface area contributed by atoms with Crippen LogP contribution in [0.1, 0.15) is 18.4 Å². The molecule has 0 spiro atoms. The van der Waals surface area contributed by atoms with Gasteiger partial charge in [-0.05, 0) is 37.1 Å². The summed E-state index contributed by atoms with van der Waals surface area (Å²) in [6.07, 6.45) is 2.12. The molecule has 0 aliphatic carbocycles. The zero-order valence-electron chi connectivity index (χ0n) is 12.0. The molecule has 2 N–H and O–H groups in total. The van der Waals surface area contributed by atoms with Crippen molar-refractivity contribution in [2.24, 2.45) is 0 Å². The minimum absolute atomic E-state index is 0. The van der Waals surface area contributed by atoms with Crippen molar-refractivity contribution in [1.82, 2.24) is 10.6 Å². The molecular weight excluding hydrogens is 392 g/mol. The Labute approximate surface area is 145 Å². The normalized spacial score (nSPS) is 17.8. The lowest BCUT2D eigenvalue weighted by Gasteiger charge is -2.11. The number of carbonyl (C=O) groups excluding carboxylic acids is 1. The van der Waals surface area contributed by atoms with E-state index >= 15 is 0 Å². The SMILES string of the molecule is Cl.O=C(CS(=O)(=O)Cc1cccc(Br)c1)NCC1CCCN1. The molecule has 8 heteroatoms. The summed E-state index contributed by atoms with van der Waals surface area (Å²) >= 11 is 3.30. The van der Waals surface area contributed by atoms with Crippen LogP contribution in [0.5, 0.6) is 0 Å². The molecule has 124 valence electrons. The molecule has 1 heterocycles. The molecule has 1 amide bonds. The van der Waals surface area contributed by atoms with E-state index in [1.54, 1.807) is 18.2 Å². The Morgan fingerprint density at radius 3 is 2.82 bits per heavy atom. The summed E-state index contributed by atoms with van der Waals surface area (Å²) in [5, 5.41) is 5.94. The molecule has 22 heavy (non-hydrogen) atoms. The predicted molar refractivity (Wildman–Crippen MR) is 92.9 cm³/mol. The first-order valence-electron chi connectivity index (χ1n) is 6.89. The fraction of sp³-hybridized carbons (Fsp3) is 0.500. The highest BCUT2D eigenvalue weighted by molar-refractivity contribution is 9.10. The first kappa shape index (κ1) is 19.4. The van der Waals surface area contributed by atoms with Crippen molar-refractivity contribution in [3.05, 3.63) is 34.3 Å². The van der Waals surface area contributed by atoms with Gasteiger partial charge in [-0.3, -0.25) is 4.79 Å². The average Bonchev–Trinajstić information content (AvgIpc) is 2.88. The molecule has 1 aliphatic rings. The molecule has 0 bridgehead atoms. The summed E-state index contributed by atoms with van der Waals surface area (Å²) in [5.41, 5.74) is 0.676. The highest BCUT2D eigenvalue weighted by Crippen LogP contribution is 2.14. The van der Waals surface area contributed by atoms with Crippen molar-refractivity contribution in [2.45, 2.75) is 24.6 Å². The number of hydrogen-bond acceptors (Lipinski definition) is 4. The molecular formula is C14H20BrClN2O3S. The third-order valence-electron chi connectivity index (χ3n) is 3.33. The van der Waals surface area contributed by atoms with Crippen molar-refractivity contribution in [3.8, 4) is 0 Å². The van der Waals surface area contributed by atoms with Gasteiger partial charge < -0.3 is 10.6 Å².